The molecule has 0 radical (unpaired) electrons. The molecule has 3 nitrogen and oxygen atoms in total. The number of carbonyl (C=O) groups excluding carboxylic acids is 1. The Bertz CT molecular complexity index is 490. The number of benzene rings is 1. The number of carbonyl (C=O) groups is 1. The van der Waals surface area contributed by atoms with Crippen molar-refractivity contribution in [3.63, 3.8) is 0 Å². The lowest BCUT2D eigenvalue weighted by atomic mass is 10.0. The van der Waals surface area contributed by atoms with Gasteiger partial charge in [0.2, 0.25) is 0 Å². The van der Waals surface area contributed by atoms with Crippen molar-refractivity contribution in [3.05, 3.63) is 28.8 Å². The van der Waals surface area contributed by atoms with E-state index in [-0.39, 0.29) is 11.9 Å². The second kappa shape index (κ2) is 5.73. The zero-order valence-electron chi connectivity index (χ0n) is 11.3. The highest BCUT2D eigenvalue weighted by Gasteiger charge is 2.31. The molecule has 0 fully saturated rings. The highest BCUT2D eigenvalue weighted by atomic mass is 35.5. The van der Waals surface area contributed by atoms with Crippen molar-refractivity contribution in [3.8, 4) is 0 Å². The monoisotopic (exact) mass is 299 g/mol. The van der Waals surface area contributed by atoms with Crippen LogP contribution in [-0.2, 0) is 9.53 Å². The average molecular weight is 300 g/mol. The van der Waals surface area contributed by atoms with E-state index in [1.807, 2.05) is 18.2 Å². The van der Waals surface area contributed by atoms with Gasteiger partial charge in [-0.2, -0.15) is 0 Å². The normalized spacial score (nSPS) is 18.8. The Labute approximate surface area is 123 Å². The molecule has 1 aromatic carbocycles. The Kier molecular flexibility index (Phi) is 4.43. The maximum atomic E-state index is 12.2. The second-order valence-corrected chi connectivity index (χ2v) is 6.63. The zero-order chi connectivity index (χ0) is 14.0. The fourth-order valence-corrected chi connectivity index (χ4v) is 3.23. The Hall–Kier alpha value is -0.710. The molecule has 0 saturated heterocycles. The molecule has 1 aliphatic rings. The van der Waals surface area contributed by atoms with Crippen molar-refractivity contribution in [2.45, 2.75) is 36.8 Å². The smallest absolute Gasteiger partial charge is 0.252 e. The first-order valence-corrected chi connectivity index (χ1v) is 7.59. The SMILES string of the molecule is COC(C)(C)C(=O)NC1CCSc2ccc(Cl)cc21. The molecule has 1 aliphatic heterocycles. The molecule has 0 bridgehead atoms. The van der Waals surface area contributed by atoms with Crippen molar-refractivity contribution in [1.29, 1.82) is 0 Å². The van der Waals surface area contributed by atoms with Crippen molar-refractivity contribution in [2.24, 2.45) is 0 Å². The molecular formula is C14H18ClNO2S. The third kappa shape index (κ3) is 3.25. The van der Waals surface area contributed by atoms with E-state index in [9.17, 15) is 4.79 Å². The third-order valence-corrected chi connectivity index (χ3v) is 4.73. The number of amides is 1. The quantitative estimate of drug-likeness (QED) is 0.929. The van der Waals surface area contributed by atoms with Gasteiger partial charge in [-0.15, -0.1) is 11.8 Å². The first kappa shape index (κ1) is 14.7. The van der Waals surface area contributed by atoms with Crippen LogP contribution in [0.1, 0.15) is 31.9 Å². The highest BCUT2D eigenvalue weighted by molar-refractivity contribution is 7.99. The number of thioether (sulfide) groups is 1. The number of halogens is 1. The molecule has 1 aromatic rings. The van der Waals surface area contributed by atoms with E-state index in [4.69, 9.17) is 16.3 Å². The maximum Gasteiger partial charge on any atom is 0.252 e. The Morgan fingerprint density at radius 2 is 2.26 bits per heavy atom. The van der Waals surface area contributed by atoms with Gasteiger partial charge in [0.1, 0.15) is 5.60 Å². The van der Waals surface area contributed by atoms with E-state index in [1.54, 1.807) is 32.7 Å². The van der Waals surface area contributed by atoms with Crippen LogP contribution in [0, 0.1) is 0 Å². The lowest BCUT2D eigenvalue weighted by Crippen LogP contribution is -2.45. The first-order valence-electron chi connectivity index (χ1n) is 6.22. The van der Waals surface area contributed by atoms with Crippen molar-refractivity contribution in [1.82, 2.24) is 5.32 Å². The van der Waals surface area contributed by atoms with E-state index in [0.29, 0.717) is 5.02 Å². The summed E-state index contributed by atoms with van der Waals surface area (Å²) in [4.78, 5) is 13.4. The Morgan fingerprint density at radius 1 is 1.53 bits per heavy atom. The molecule has 0 saturated carbocycles. The highest BCUT2D eigenvalue weighted by Crippen LogP contribution is 2.37. The van der Waals surface area contributed by atoms with Gasteiger partial charge in [0.05, 0.1) is 6.04 Å². The minimum Gasteiger partial charge on any atom is -0.369 e. The van der Waals surface area contributed by atoms with Crippen LogP contribution in [0.25, 0.3) is 0 Å². The Morgan fingerprint density at radius 3 is 2.95 bits per heavy atom. The molecule has 0 aliphatic carbocycles. The number of rotatable bonds is 3. The number of hydrogen-bond donors (Lipinski definition) is 1. The van der Waals surface area contributed by atoms with E-state index < -0.39 is 5.60 Å². The summed E-state index contributed by atoms with van der Waals surface area (Å²) >= 11 is 7.85. The van der Waals surface area contributed by atoms with Crippen molar-refractivity contribution >= 4 is 29.3 Å². The molecule has 0 aromatic heterocycles. The van der Waals surface area contributed by atoms with E-state index in [1.165, 1.54) is 4.90 Å². The van der Waals surface area contributed by atoms with Crippen LogP contribution in [0.3, 0.4) is 0 Å². The number of nitrogens with one attached hydrogen (secondary N) is 1. The standard InChI is InChI=1S/C14H18ClNO2S/c1-14(2,18-3)13(17)16-11-6-7-19-12-5-4-9(15)8-10(11)12/h4-5,8,11H,6-7H2,1-3H3,(H,16,17). The van der Waals surface area contributed by atoms with Gasteiger partial charge < -0.3 is 10.1 Å². The molecular weight excluding hydrogens is 282 g/mol. The summed E-state index contributed by atoms with van der Waals surface area (Å²) in [7, 11) is 1.54. The maximum absolute atomic E-state index is 12.2. The topological polar surface area (TPSA) is 38.3 Å². The van der Waals surface area contributed by atoms with E-state index in [2.05, 4.69) is 5.32 Å². The summed E-state index contributed by atoms with van der Waals surface area (Å²) in [6.07, 6.45) is 0.906. The van der Waals surface area contributed by atoms with Gasteiger partial charge in [0, 0.05) is 22.8 Å². The van der Waals surface area contributed by atoms with Gasteiger partial charge in [-0.05, 0) is 44.0 Å². The largest absolute Gasteiger partial charge is 0.369 e. The molecule has 1 amide bonds. The number of hydrogen-bond acceptors (Lipinski definition) is 3. The molecule has 1 atom stereocenters. The van der Waals surface area contributed by atoms with Crippen LogP contribution in [0.4, 0.5) is 0 Å². The second-order valence-electron chi connectivity index (χ2n) is 5.06. The molecule has 0 spiro atoms. The van der Waals surface area contributed by atoms with Crippen LogP contribution in [0.5, 0.6) is 0 Å². The molecule has 1 heterocycles. The number of methoxy groups -OCH3 is 1. The van der Waals surface area contributed by atoms with Gasteiger partial charge >= 0.3 is 0 Å². The lowest BCUT2D eigenvalue weighted by Gasteiger charge is -2.30. The van der Waals surface area contributed by atoms with E-state index in [0.717, 1.165) is 17.7 Å². The van der Waals surface area contributed by atoms with Crippen LogP contribution in [0.15, 0.2) is 23.1 Å². The number of fused-ring (bicyclic) bond motifs is 1. The zero-order valence-corrected chi connectivity index (χ0v) is 12.9. The summed E-state index contributed by atoms with van der Waals surface area (Å²) in [5.41, 5.74) is 0.285. The predicted molar refractivity (Wildman–Crippen MR) is 78.8 cm³/mol. The summed E-state index contributed by atoms with van der Waals surface area (Å²) in [6.45, 7) is 3.53. The van der Waals surface area contributed by atoms with Crippen LogP contribution >= 0.6 is 23.4 Å². The molecule has 19 heavy (non-hydrogen) atoms. The van der Waals surface area contributed by atoms with Crippen molar-refractivity contribution in [2.75, 3.05) is 12.9 Å². The van der Waals surface area contributed by atoms with Gasteiger partial charge in [-0.3, -0.25) is 4.79 Å². The van der Waals surface area contributed by atoms with Gasteiger partial charge in [0.25, 0.3) is 5.91 Å². The molecule has 104 valence electrons. The summed E-state index contributed by atoms with van der Waals surface area (Å²) < 4.78 is 5.21. The number of ether oxygens (including phenoxy) is 1. The van der Waals surface area contributed by atoms with Gasteiger partial charge in [-0.25, -0.2) is 0 Å². The summed E-state index contributed by atoms with van der Waals surface area (Å²) in [6, 6.07) is 5.85. The van der Waals surface area contributed by atoms with E-state index >= 15 is 0 Å². The fourth-order valence-electron chi connectivity index (χ4n) is 1.94. The molecule has 2 rings (SSSR count). The molecule has 1 N–H and O–H groups in total. The first-order chi connectivity index (χ1) is 8.94. The van der Waals surface area contributed by atoms with Crippen LogP contribution in [-0.4, -0.2) is 24.4 Å². The minimum atomic E-state index is -0.816. The van der Waals surface area contributed by atoms with Gasteiger partial charge in [-0.1, -0.05) is 11.6 Å². The van der Waals surface area contributed by atoms with Gasteiger partial charge in [0.15, 0.2) is 0 Å². The average Bonchev–Trinajstić information content (AvgIpc) is 2.39. The third-order valence-electron chi connectivity index (χ3n) is 3.37. The van der Waals surface area contributed by atoms with Crippen LogP contribution in [0.2, 0.25) is 5.02 Å². The Balaban J connectivity index is 2.20. The molecule has 5 heteroatoms. The fraction of sp³-hybridized carbons (Fsp3) is 0.500. The lowest BCUT2D eigenvalue weighted by molar-refractivity contribution is -0.140. The summed E-state index contributed by atoms with van der Waals surface area (Å²) in [5, 5.41) is 3.76. The summed E-state index contributed by atoms with van der Waals surface area (Å²) in [5.74, 6) is 0.894. The predicted octanol–water partition coefficient (Wildman–Crippen LogP) is 3.42. The minimum absolute atomic E-state index is 0.0110. The van der Waals surface area contributed by atoms with Crippen molar-refractivity contribution < 1.29 is 9.53 Å². The van der Waals surface area contributed by atoms with Crippen LogP contribution < -0.4 is 5.32 Å². The molecule has 1 unspecified atom stereocenters.